The molecule has 1 N–H and O–H groups in total. The van der Waals surface area contributed by atoms with Crippen LogP contribution >= 0.6 is 11.6 Å². The van der Waals surface area contributed by atoms with Crippen LogP contribution in [0, 0.1) is 11.2 Å². The minimum atomic E-state index is -0.295. The number of hydrogen-bond acceptors (Lipinski definition) is 2. The number of rotatable bonds is 6. The molecule has 0 radical (unpaired) electrons. The van der Waals surface area contributed by atoms with E-state index in [1.165, 1.54) is 7.11 Å². The molecule has 0 aliphatic heterocycles. The number of hydrogen-bond donors (Lipinski definition) is 1. The van der Waals surface area contributed by atoms with E-state index in [1.54, 1.807) is 18.2 Å². The maximum Gasteiger partial charge on any atom is 0.169 e. The van der Waals surface area contributed by atoms with Crippen LogP contribution < -0.4 is 10.1 Å². The standard InChI is InChI=1S/C15H23ClFNO/c1-15(2,3)13(8-9-16)18-10-11-6-5-7-12(19-4)14(11)17/h5-7,13,18H,8-10H2,1-4H3. The fraction of sp³-hybridized carbons (Fsp3) is 0.600. The van der Waals surface area contributed by atoms with E-state index in [-0.39, 0.29) is 23.0 Å². The highest BCUT2D eigenvalue weighted by atomic mass is 35.5. The summed E-state index contributed by atoms with van der Waals surface area (Å²) in [4.78, 5) is 0. The van der Waals surface area contributed by atoms with Crippen LogP contribution in [0.25, 0.3) is 0 Å². The lowest BCUT2D eigenvalue weighted by molar-refractivity contribution is 0.259. The Kier molecular flexibility index (Phi) is 6.08. The van der Waals surface area contributed by atoms with Gasteiger partial charge in [0.25, 0.3) is 0 Å². The maximum atomic E-state index is 14.0. The van der Waals surface area contributed by atoms with Gasteiger partial charge in [-0.3, -0.25) is 0 Å². The predicted octanol–water partition coefficient (Wildman–Crippen LogP) is 3.97. The summed E-state index contributed by atoms with van der Waals surface area (Å²) >= 11 is 5.83. The molecule has 2 nitrogen and oxygen atoms in total. The molecule has 1 aromatic carbocycles. The third-order valence-electron chi connectivity index (χ3n) is 3.25. The molecular formula is C15H23ClFNO. The zero-order valence-corrected chi connectivity index (χ0v) is 12.9. The van der Waals surface area contributed by atoms with Crippen LogP contribution in [0.4, 0.5) is 4.39 Å². The molecule has 0 heterocycles. The topological polar surface area (TPSA) is 21.3 Å². The number of nitrogens with one attached hydrogen (secondary N) is 1. The number of benzene rings is 1. The molecule has 0 spiro atoms. The number of alkyl halides is 1. The molecule has 1 unspecified atom stereocenters. The largest absolute Gasteiger partial charge is 0.494 e. The Morgan fingerprint density at radius 3 is 2.58 bits per heavy atom. The van der Waals surface area contributed by atoms with Crippen LogP contribution in [-0.4, -0.2) is 19.0 Å². The first-order valence-corrected chi connectivity index (χ1v) is 7.04. The highest BCUT2D eigenvalue weighted by molar-refractivity contribution is 6.17. The SMILES string of the molecule is COc1cccc(CNC(CCCl)C(C)(C)C)c1F. The van der Waals surface area contributed by atoms with Crippen molar-refractivity contribution in [2.24, 2.45) is 5.41 Å². The highest BCUT2D eigenvalue weighted by Gasteiger charge is 2.23. The Bertz CT molecular complexity index is 404. The summed E-state index contributed by atoms with van der Waals surface area (Å²) in [6.07, 6.45) is 0.858. The number of methoxy groups -OCH3 is 1. The second kappa shape index (κ2) is 7.11. The summed E-state index contributed by atoms with van der Waals surface area (Å²) in [5.41, 5.74) is 0.702. The van der Waals surface area contributed by atoms with Crippen molar-refractivity contribution in [2.45, 2.75) is 39.8 Å². The van der Waals surface area contributed by atoms with Crippen LogP contribution in [0.15, 0.2) is 18.2 Å². The van der Waals surface area contributed by atoms with Crippen molar-refractivity contribution in [1.29, 1.82) is 0 Å². The van der Waals surface area contributed by atoms with Gasteiger partial charge in [-0.25, -0.2) is 4.39 Å². The first-order valence-electron chi connectivity index (χ1n) is 6.51. The van der Waals surface area contributed by atoms with E-state index in [1.807, 2.05) is 0 Å². The van der Waals surface area contributed by atoms with Crippen LogP contribution in [0.2, 0.25) is 0 Å². The lowest BCUT2D eigenvalue weighted by atomic mass is 9.85. The summed E-state index contributed by atoms with van der Waals surface area (Å²) in [7, 11) is 1.47. The summed E-state index contributed by atoms with van der Waals surface area (Å²) in [5.74, 6) is 0.579. The molecule has 1 atom stereocenters. The van der Waals surface area contributed by atoms with Gasteiger partial charge < -0.3 is 10.1 Å². The van der Waals surface area contributed by atoms with E-state index in [0.717, 1.165) is 6.42 Å². The molecule has 0 aromatic heterocycles. The quantitative estimate of drug-likeness (QED) is 0.800. The summed E-state index contributed by atoms with van der Waals surface area (Å²) in [6.45, 7) is 6.93. The second-order valence-corrected chi connectivity index (χ2v) is 6.09. The third kappa shape index (κ3) is 4.66. The van der Waals surface area contributed by atoms with Crippen molar-refractivity contribution in [3.63, 3.8) is 0 Å². The van der Waals surface area contributed by atoms with Crippen LogP contribution in [0.1, 0.15) is 32.8 Å². The number of ether oxygens (including phenoxy) is 1. The van der Waals surface area contributed by atoms with Gasteiger partial charge in [0.15, 0.2) is 11.6 Å². The molecule has 1 aromatic rings. The zero-order chi connectivity index (χ0) is 14.5. The molecule has 19 heavy (non-hydrogen) atoms. The molecule has 0 aliphatic rings. The van der Waals surface area contributed by atoms with Crippen molar-refractivity contribution in [3.05, 3.63) is 29.6 Å². The minimum absolute atomic E-state index is 0.0875. The highest BCUT2D eigenvalue weighted by Crippen LogP contribution is 2.24. The van der Waals surface area contributed by atoms with Gasteiger partial charge in [-0.2, -0.15) is 0 Å². The van der Waals surface area contributed by atoms with Crippen LogP contribution in [0.5, 0.6) is 5.75 Å². The van der Waals surface area contributed by atoms with Gasteiger partial charge in [0.2, 0.25) is 0 Å². The molecule has 4 heteroatoms. The molecule has 108 valence electrons. The summed E-state index contributed by atoms with van der Waals surface area (Å²) in [6, 6.07) is 5.44. The minimum Gasteiger partial charge on any atom is -0.494 e. The third-order valence-corrected chi connectivity index (χ3v) is 3.46. The second-order valence-electron chi connectivity index (χ2n) is 5.71. The molecule has 0 bridgehead atoms. The first-order chi connectivity index (χ1) is 8.90. The van der Waals surface area contributed by atoms with Gasteiger partial charge in [0, 0.05) is 24.0 Å². The first kappa shape index (κ1) is 16.3. The number of halogens is 2. The van der Waals surface area contributed by atoms with E-state index < -0.39 is 0 Å². The van der Waals surface area contributed by atoms with Crippen molar-refractivity contribution >= 4 is 11.6 Å². The van der Waals surface area contributed by atoms with Crippen molar-refractivity contribution in [2.75, 3.05) is 13.0 Å². The van der Waals surface area contributed by atoms with E-state index in [0.29, 0.717) is 18.0 Å². The maximum absolute atomic E-state index is 14.0. The predicted molar refractivity (Wildman–Crippen MR) is 78.4 cm³/mol. The van der Waals surface area contributed by atoms with E-state index in [2.05, 4.69) is 26.1 Å². The zero-order valence-electron chi connectivity index (χ0n) is 12.1. The molecule has 0 saturated carbocycles. The van der Waals surface area contributed by atoms with Crippen molar-refractivity contribution in [1.82, 2.24) is 5.32 Å². The van der Waals surface area contributed by atoms with Gasteiger partial charge in [-0.1, -0.05) is 32.9 Å². The van der Waals surface area contributed by atoms with Crippen molar-refractivity contribution < 1.29 is 9.13 Å². The van der Waals surface area contributed by atoms with Gasteiger partial charge in [-0.05, 0) is 17.9 Å². The molecule has 0 saturated heterocycles. The average molecular weight is 288 g/mol. The molecular weight excluding hydrogens is 265 g/mol. The lowest BCUT2D eigenvalue weighted by Gasteiger charge is -2.31. The Labute approximate surface area is 120 Å². The smallest absolute Gasteiger partial charge is 0.169 e. The summed E-state index contributed by atoms with van der Waals surface area (Å²) < 4.78 is 19.0. The van der Waals surface area contributed by atoms with E-state index in [9.17, 15) is 4.39 Å². The molecule has 1 rings (SSSR count). The Morgan fingerprint density at radius 1 is 1.37 bits per heavy atom. The molecule has 0 aliphatic carbocycles. The molecule has 0 amide bonds. The van der Waals surface area contributed by atoms with E-state index >= 15 is 0 Å². The van der Waals surface area contributed by atoms with Gasteiger partial charge in [0.05, 0.1) is 7.11 Å². The Morgan fingerprint density at radius 2 is 2.05 bits per heavy atom. The normalized spacial score (nSPS) is 13.4. The van der Waals surface area contributed by atoms with Crippen LogP contribution in [-0.2, 0) is 6.54 Å². The van der Waals surface area contributed by atoms with Crippen LogP contribution in [0.3, 0.4) is 0 Å². The van der Waals surface area contributed by atoms with Gasteiger partial charge >= 0.3 is 0 Å². The Balaban J connectivity index is 2.74. The van der Waals surface area contributed by atoms with Gasteiger partial charge in [-0.15, -0.1) is 11.6 Å². The fourth-order valence-corrected chi connectivity index (χ4v) is 2.25. The molecule has 0 fully saturated rings. The Hall–Kier alpha value is -0.800. The van der Waals surface area contributed by atoms with Gasteiger partial charge in [0.1, 0.15) is 0 Å². The fourth-order valence-electron chi connectivity index (χ4n) is 2.03. The average Bonchev–Trinajstić information content (AvgIpc) is 2.34. The monoisotopic (exact) mass is 287 g/mol. The van der Waals surface area contributed by atoms with E-state index in [4.69, 9.17) is 16.3 Å². The summed E-state index contributed by atoms with van der Waals surface area (Å²) in [5, 5.41) is 3.39. The van der Waals surface area contributed by atoms with Crippen molar-refractivity contribution in [3.8, 4) is 5.75 Å². The lowest BCUT2D eigenvalue weighted by Crippen LogP contribution is -2.40.